The standard InChI is InChI=1S/C19H26N4O2/c1-15(19(6-2-3-7-19)23-10-12-25-13-11-23)21-18(24)16-4-5-17-20-8-9-22(17)14-16/h4-5,8-9,14-15H,2-3,6-7,10-13H2,1H3,(H,21,24)/t15-/m1/s1. The minimum atomic E-state index is -0.0114. The van der Waals surface area contributed by atoms with Crippen molar-refractivity contribution in [3.8, 4) is 0 Å². The molecule has 0 spiro atoms. The van der Waals surface area contributed by atoms with E-state index in [2.05, 4.69) is 22.1 Å². The second-order valence-corrected chi connectivity index (χ2v) is 7.22. The zero-order valence-corrected chi connectivity index (χ0v) is 14.8. The second kappa shape index (κ2) is 6.77. The van der Waals surface area contributed by atoms with E-state index in [1.54, 1.807) is 6.20 Å². The predicted molar refractivity (Wildman–Crippen MR) is 95.7 cm³/mol. The Balaban J connectivity index is 1.52. The second-order valence-electron chi connectivity index (χ2n) is 7.22. The van der Waals surface area contributed by atoms with Gasteiger partial charge in [-0.2, -0.15) is 0 Å². The van der Waals surface area contributed by atoms with Crippen molar-refractivity contribution < 1.29 is 9.53 Å². The van der Waals surface area contributed by atoms with Crippen LogP contribution in [0.5, 0.6) is 0 Å². The SMILES string of the molecule is C[C@@H](NC(=O)c1ccc2nccn2c1)C1(N2CCOCC2)CCCC1. The molecule has 3 heterocycles. The maximum Gasteiger partial charge on any atom is 0.253 e. The number of fused-ring (bicyclic) bond motifs is 1. The summed E-state index contributed by atoms with van der Waals surface area (Å²) in [7, 11) is 0. The Morgan fingerprint density at radius 2 is 2.04 bits per heavy atom. The smallest absolute Gasteiger partial charge is 0.253 e. The van der Waals surface area contributed by atoms with Crippen molar-refractivity contribution in [2.75, 3.05) is 26.3 Å². The highest BCUT2D eigenvalue weighted by atomic mass is 16.5. The van der Waals surface area contributed by atoms with Gasteiger partial charge in [-0.15, -0.1) is 0 Å². The molecule has 1 saturated carbocycles. The summed E-state index contributed by atoms with van der Waals surface area (Å²) in [5, 5.41) is 3.28. The number of hydrogen-bond acceptors (Lipinski definition) is 4. The highest BCUT2D eigenvalue weighted by Crippen LogP contribution is 2.38. The Morgan fingerprint density at radius 1 is 1.28 bits per heavy atom. The zero-order chi connectivity index (χ0) is 17.3. The van der Waals surface area contributed by atoms with Crippen LogP contribution in [0, 0.1) is 0 Å². The Labute approximate surface area is 148 Å². The van der Waals surface area contributed by atoms with E-state index in [-0.39, 0.29) is 17.5 Å². The third kappa shape index (κ3) is 3.04. The Bertz CT molecular complexity index is 745. The third-order valence-corrected chi connectivity index (χ3v) is 5.91. The van der Waals surface area contributed by atoms with Gasteiger partial charge in [0.1, 0.15) is 5.65 Å². The summed E-state index contributed by atoms with van der Waals surface area (Å²) in [5.41, 5.74) is 1.59. The summed E-state index contributed by atoms with van der Waals surface area (Å²) >= 11 is 0. The Morgan fingerprint density at radius 3 is 2.80 bits per heavy atom. The summed E-state index contributed by atoms with van der Waals surface area (Å²) in [6, 6.07) is 3.84. The van der Waals surface area contributed by atoms with Crippen molar-refractivity contribution >= 4 is 11.6 Å². The van der Waals surface area contributed by atoms with Crippen molar-refractivity contribution in [3.63, 3.8) is 0 Å². The molecule has 0 radical (unpaired) electrons. The lowest BCUT2D eigenvalue weighted by Gasteiger charge is -2.47. The molecule has 0 unspecified atom stereocenters. The van der Waals surface area contributed by atoms with Crippen molar-refractivity contribution in [3.05, 3.63) is 36.3 Å². The molecule has 134 valence electrons. The maximum atomic E-state index is 12.8. The molecule has 1 N–H and O–H groups in total. The quantitative estimate of drug-likeness (QED) is 0.924. The van der Waals surface area contributed by atoms with E-state index in [0.717, 1.165) is 44.8 Å². The van der Waals surface area contributed by atoms with Crippen LogP contribution in [0.2, 0.25) is 0 Å². The molecule has 2 aromatic rings. The molecule has 6 heteroatoms. The van der Waals surface area contributed by atoms with Crippen LogP contribution in [0.15, 0.2) is 30.7 Å². The van der Waals surface area contributed by atoms with Crippen LogP contribution in [-0.4, -0.2) is 58.1 Å². The summed E-state index contributed by atoms with van der Waals surface area (Å²) in [6.45, 7) is 5.66. The number of pyridine rings is 1. The number of amides is 1. The van der Waals surface area contributed by atoms with E-state index >= 15 is 0 Å². The minimum absolute atomic E-state index is 0.0114. The molecule has 0 aromatic carbocycles. The van der Waals surface area contributed by atoms with Gasteiger partial charge >= 0.3 is 0 Å². The predicted octanol–water partition coefficient (Wildman–Crippen LogP) is 2.10. The average molecular weight is 342 g/mol. The van der Waals surface area contributed by atoms with Gasteiger partial charge in [-0.3, -0.25) is 9.69 Å². The fourth-order valence-electron chi connectivity index (χ4n) is 4.49. The number of ether oxygens (including phenoxy) is 1. The number of rotatable bonds is 4. The molecular weight excluding hydrogens is 316 g/mol. The number of aromatic nitrogens is 2. The van der Waals surface area contributed by atoms with Gasteiger partial charge in [0.2, 0.25) is 0 Å². The first kappa shape index (κ1) is 16.5. The third-order valence-electron chi connectivity index (χ3n) is 5.91. The van der Waals surface area contributed by atoms with E-state index in [4.69, 9.17) is 4.74 Å². The van der Waals surface area contributed by atoms with Gasteiger partial charge in [0.05, 0.1) is 18.8 Å². The van der Waals surface area contributed by atoms with Crippen LogP contribution < -0.4 is 5.32 Å². The maximum absolute atomic E-state index is 12.8. The lowest BCUT2D eigenvalue weighted by molar-refractivity contribution is -0.0323. The van der Waals surface area contributed by atoms with E-state index in [0.29, 0.717) is 5.56 Å². The minimum Gasteiger partial charge on any atom is -0.379 e. The van der Waals surface area contributed by atoms with Crippen LogP contribution in [0.25, 0.3) is 5.65 Å². The monoisotopic (exact) mass is 342 g/mol. The van der Waals surface area contributed by atoms with Crippen LogP contribution in [0.4, 0.5) is 0 Å². The Hall–Kier alpha value is -1.92. The van der Waals surface area contributed by atoms with Gasteiger partial charge in [0, 0.05) is 43.3 Å². The van der Waals surface area contributed by atoms with E-state index in [9.17, 15) is 4.79 Å². The van der Waals surface area contributed by atoms with Gasteiger partial charge in [-0.25, -0.2) is 4.98 Å². The number of nitrogens with one attached hydrogen (secondary N) is 1. The lowest BCUT2D eigenvalue weighted by Crippen LogP contribution is -2.62. The zero-order valence-electron chi connectivity index (χ0n) is 14.8. The average Bonchev–Trinajstić information content (AvgIpc) is 3.31. The van der Waals surface area contributed by atoms with Crippen molar-refractivity contribution in [1.82, 2.24) is 19.6 Å². The first-order valence-electron chi connectivity index (χ1n) is 9.25. The number of morpholine rings is 1. The number of nitrogens with zero attached hydrogens (tertiary/aromatic N) is 3. The first-order chi connectivity index (χ1) is 12.2. The van der Waals surface area contributed by atoms with Crippen LogP contribution in [-0.2, 0) is 4.74 Å². The van der Waals surface area contributed by atoms with Crippen molar-refractivity contribution in [2.45, 2.75) is 44.2 Å². The van der Waals surface area contributed by atoms with Gasteiger partial charge in [-0.05, 0) is 31.9 Å². The van der Waals surface area contributed by atoms with E-state index < -0.39 is 0 Å². The van der Waals surface area contributed by atoms with Crippen LogP contribution in [0.1, 0.15) is 43.0 Å². The molecule has 0 bridgehead atoms. The van der Waals surface area contributed by atoms with Gasteiger partial charge < -0.3 is 14.5 Å². The number of carbonyl (C=O) groups excluding carboxylic acids is 1. The van der Waals surface area contributed by atoms with Crippen molar-refractivity contribution in [2.24, 2.45) is 0 Å². The van der Waals surface area contributed by atoms with Crippen molar-refractivity contribution in [1.29, 1.82) is 0 Å². The summed E-state index contributed by atoms with van der Waals surface area (Å²) < 4.78 is 7.41. The fraction of sp³-hybridized carbons (Fsp3) is 0.579. The summed E-state index contributed by atoms with van der Waals surface area (Å²) in [4.78, 5) is 19.6. The number of hydrogen-bond donors (Lipinski definition) is 1. The summed E-state index contributed by atoms with van der Waals surface area (Å²) in [5.74, 6) is -0.0114. The lowest BCUT2D eigenvalue weighted by atomic mass is 9.86. The molecule has 1 aliphatic heterocycles. The highest BCUT2D eigenvalue weighted by Gasteiger charge is 2.45. The molecule has 25 heavy (non-hydrogen) atoms. The topological polar surface area (TPSA) is 58.9 Å². The molecule has 2 fully saturated rings. The highest BCUT2D eigenvalue weighted by molar-refractivity contribution is 5.94. The number of carbonyl (C=O) groups is 1. The van der Waals surface area contributed by atoms with Gasteiger partial charge in [0.15, 0.2) is 0 Å². The van der Waals surface area contributed by atoms with Gasteiger partial charge in [0.25, 0.3) is 5.91 Å². The number of imidazole rings is 1. The van der Waals surface area contributed by atoms with E-state index in [1.807, 2.05) is 28.9 Å². The van der Waals surface area contributed by atoms with E-state index in [1.165, 1.54) is 12.8 Å². The summed E-state index contributed by atoms with van der Waals surface area (Å²) in [6.07, 6.45) is 10.2. The fourth-order valence-corrected chi connectivity index (χ4v) is 4.49. The molecule has 1 amide bonds. The Kier molecular flexibility index (Phi) is 4.48. The molecule has 1 saturated heterocycles. The molecular formula is C19H26N4O2. The van der Waals surface area contributed by atoms with Crippen LogP contribution in [0.3, 0.4) is 0 Å². The molecule has 4 rings (SSSR count). The van der Waals surface area contributed by atoms with Crippen LogP contribution >= 0.6 is 0 Å². The van der Waals surface area contributed by atoms with Gasteiger partial charge in [-0.1, -0.05) is 12.8 Å². The normalized spacial score (nSPS) is 22.1. The first-order valence-corrected chi connectivity index (χ1v) is 9.25. The molecule has 6 nitrogen and oxygen atoms in total. The largest absolute Gasteiger partial charge is 0.379 e. The molecule has 1 atom stereocenters. The molecule has 2 aliphatic rings. The molecule has 2 aromatic heterocycles. The molecule has 1 aliphatic carbocycles.